The van der Waals surface area contributed by atoms with E-state index in [1.165, 1.54) is 12.2 Å². The van der Waals surface area contributed by atoms with Crippen LogP contribution in [0.4, 0.5) is 0 Å². The molecule has 0 atom stereocenters. The summed E-state index contributed by atoms with van der Waals surface area (Å²) in [5.74, 6) is 3.12. The Balaban J connectivity index is 0.00000361. The number of unbranched alkanes of at least 4 members (excludes halogenated alkanes) is 1. The molecule has 0 aliphatic rings. The van der Waals surface area contributed by atoms with Crippen LogP contribution in [0.5, 0.6) is 0 Å². The van der Waals surface area contributed by atoms with Crippen molar-refractivity contribution in [3.8, 4) is 0 Å². The standard InChI is InChI=1S/C14H25N3OS.HI/c1-3-15-14(16-9-4-5-12-19-2)17-10-8-13-7-6-11-18-13;/h6-7,11H,3-5,8-10,12H2,1-2H3,(H2,15,16,17);1H. The summed E-state index contributed by atoms with van der Waals surface area (Å²) >= 11 is 1.89. The average molecular weight is 411 g/mol. The third-order valence-electron chi connectivity index (χ3n) is 2.61. The van der Waals surface area contributed by atoms with Crippen LogP contribution in [0, 0.1) is 0 Å². The van der Waals surface area contributed by atoms with Crippen molar-refractivity contribution in [3.63, 3.8) is 0 Å². The fourth-order valence-electron chi connectivity index (χ4n) is 1.65. The van der Waals surface area contributed by atoms with Crippen LogP contribution < -0.4 is 10.6 Å². The maximum Gasteiger partial charge on any atom is 0.191 e. The molecule has 1 heterocycles. The minimum atomic E-state index is 0. The van der Waals surface area contributed by atoms with E-state index in [4.69, 9.17) is 4.42 Å². The lowest BCUT2D eigenvalue weighted by atomic mass is 10.3. The van der Waals surface area contributed by atoms with Gasteiger partial charge in [0.2, 0.25) is 0 Å². The van der Waals surface area contributed by atoms with E-state index in [9.17, 15) is 0 Å². The molecule has 0 aliphatic carbocycles. The van der Waals surface area contributed by atoms with Gasteiger partial charge in [-0.25, -0.2) is 0 Å². The van der Waals surface area contributed by atoms with Crippen LogP contribution in [0.25, 0.3) is 0 Å². The molecule has 4 nitrogen and oxygen atoms in total. The molecule has 0 fully saturated rings. The van der Waals surface area contributed by atoms with Crippen molar-refractivity contribution < 1.29 is 4.42 Å². The third kappa shape index (κ3) is 9.52. The summed E-state index contributed by atoms with van der Waals surface area (Å²) in [6, 6.07) is 3.91. The number of nitrogens with one attached hydrogen (secondary N) is 2. The molecular weight excluding hydrogens is 385 g/mol. The molecule has 1 aromatic heterocycles. The summed E-state index contributed by atoms with van der Waals surface area (Å²) in [5, 5.41) is 6.58. The molecule has 0 saturated carbocycles. The van der Waals surface area contributed by atoms with E-state index >= 15 is 0 Å². The normalized spacial score (nSPS) is 11.0. The Labute approximate surface area is 143 Å². The quantitative estimate of drug-likeness (QED) is 0.284. The highest BCUT2D eigenvalue weighted by Crippen LogP contribution is 2.00. The highest BCUT2D eigenvalue weighted by molar-refractivity contribution is 14.0. The highest BCUT2D eigenvalue weighted by atomic mass is 127. The van der Waals surface area contributed by atoms with Gasteiger partial charge in [0, 0.05) is 26.1 Å². The van der Waals surface area contributed by atoms with E-state index in [1.807, 2.05) is 23.9 Å². The van der Waals surface area contributed by atoms with Gasteiger partial charge in [-0.3, -0.25) is 4.99 Å². The molecule has 116 valence electrons. The van der Waals surface area contributed by atoms with Crippen molar-refractivity contribution in [1.29, 1.82) is 0 Å². The van der Waals surface area contributed by atoms with E-state index in [-0.39, 0.29) is 24.0 Å². The molecule has 0 radical (unpaired) electrons. The van der Waals surface area contributed by atoms with Gasteiger partial charge < -0.3 is 15.1 Å². The van der Waals surface area contributed by atoms with Crippen LogP contribution in [0.2, 0.25) is 0 Å². The minimum Gasteiger partial charge on any atom is -0.469 e. The van der Waals surface area contributed by atoms with Gasteiger partial charge in [-0.1, -0.05) is 0 Å². The number of halogens is 1. The summed E-state index contributed by atoms with van der Waals surface area (Å²) < 4.78 is 5.30. The number of rotatable bonds is 9. The molecule has 2 N–H and O–H groups in total. The Kier molecular flexibility index (Phi) is 13.4. The van der Waals surface area contributed by atoms with Gasteiger partial charge in [0.25, 0.3) is 0 Å². The van der Waals surface area contributed by atoms with Crippen LogP contribution in [0.15, 0.2) is 27.8 Å². The van der Waals surface area contributed by atoms with Crippen molar-refractivity contribution in [3.05, 3.63) is 24.2 Å². The zero-order valence-corrected chi connectivity index (χ0v) is 15.5. The number of hydrogen-bond acceptors (Lipinski definition) is 3. The Morgan fingerprint density at radius 1 is 1.35 bits per heavy atom. The summed E-state index contributed by atoms with van der Waals surface area (Å²) in [6.45, 7) is 4.69. The first-order chi connectivity index (χ1) is 9.36. The Hall–Kier alpha value is -0.370. The number of furan rings is 1. The second-order valence-electron chi connectivity index (χ2n) is 4.22. The highest BCUT2D eigenvalue weighted by Gasteiger charge is 1.98. The molecule has 0 spiro atoms. The Bertz CT molecular complexity index is 344. The molecule has 1 rings (SSSR count). The Morgan fingerprint density at radius 2 is 2.20 bits per heavy atom. The van der Waals surface area contributed by atoms with Crippen molar-refractivity contribution in [2.75, 3.05) is 31.6 Å². The predicted molar refractivity (Wildman–Crippen MR) is 99.4 cm³/mol. The zero-order valence-electron chi connectivity index (χ0n) is 12.4. The van der Waals surface area contributed by atoms with Gasteiger partial charge in [-0.05, 0) is 43.9 Å². The van der Waals surface area contributed by atoms with Crippen LogP contribution in [-0.2, 0) is 6.42 Å². The molecule has 1 aromatic rings. The van der Waals surface area contributed by atoms with Gasteiger partial charge in [0.1, 0.15) is 5.76 Å². The van der Waals surface area contributed by atoms with Crippen LogP contribution in [0.1, 0.15) is 25.5 Å². The summed E-state index contributed by atoms with van der Waals surface area (Å²) in [5.41, 5.74) is 0. The lowest BCUT2D eigenvalue weighted by Gasteiger charge is -2.10. The van der Waals surface area contributed by atoms with Gasteiger partial charge >= 0.3 is 0 Å². The zero-order chi connectivity index (χ0) is 13.8. The van der Waals surface area contributed by atoms with Crippen LogP contribution in [-0.4, -0.2) is 37.6 Å². The first-order valence-electron chi connectivity index (χ1n) is 6.90. The van der Waals surface area contributed by atoms with Crippen LogP contribution in [0.3, 0.4) is 0 Å². The van der Waals surface area contributed by atoms with E-state index in [0.29, 0.717) is 0 Å². The van der Waals surface area contributed by atoms with Gasteiger partial charge in [-0.15, -0.1) is 24.0 Å². The molecular formula is C14H26IN3OS. The predicted octanol–water partition coefficient (Wildman–Crippen LogP) is 3.14. The molecule has 20 heavy (non-hydrogen) atoms. The lowest BCUT2D eigenvalue weighted by molar-refractivity contribution is 0.507. The first-order valence-corrected chi connectivity index (χ1v) is 8.29. The monoisotopic (exact) mass is 411 g/mol. The summed E-state index contributed by atoms with van der Waals surface area (Å²) in [7, 11) is 0. The Morgan fingerprint density at radius 3 is 2.85 bits per heavy atom. The van der Waals surface area contributed by atoms with Crippen molar-refractivity contribution in [2.24, 2.45) is 4.99 Å². The maximum atomic E-state index is 5.30. The molecule has 0 unspecified atom stereocenters. The van der Waals surface area contributed by atoms with E-state index in [2.05, 4.69) is 28.8 Å². The molecule has 0 bridgehead atoms. The number of thioether (sulfide) groups is 1. The van der Waals surface area contributed by atoms with Crippen molar-refractivity contribution in [1.82, 2.24) is 10.6 Å². The van der Waals surface area contributed by atoms with Gasteiger partial charge in [0.05, 0.1) is 6.26 Å². The molecule has 0 aliphatic heterocycles. The smallest absolute Gasteiger partial charge is 0.191 e. The molecule has 0 saturated heterocycles. The largest absolute Gasteiger partial charge is 0.469 e. The lowest BCUT2D eigenvalue weighted by Crippen LogP contribution is -2.38. The first kappa shape index (κ1) is 19.6. The van der Waals surface area contributed by atoms with E-state index < -0.39 is 0 Å². The van der Waals surface area contributed by atoms with E-state index in [1.54, 1.807) is 6.26 Å². The number of aliphatic imine (C=N–C) groups is 1. The fourth-order valence-corrected chi connectivity index (χ4v) is 2.14. The fraction of sp³-hybridized carbons (Fsp3) is 0.643. The summed E-state index contributed by atoms with van der Waals surface area (Å²) in [4.78, 5) is 4.56. The number of guanidine groups is 1. The summed E-state index contributed by atoms with van der Waals surface area (Å²) in [6.07, 6.45) is 7.11. The average Bonchev–Trinajstić information content (AvgIpc) is 2.91. The topological polar surface area (TPSA) is 49.6 Å². The maximum absolute atomic E-state index is 5.30. The second kappa shape index (κ2) is 13.6. The molecule has 0 aromatic carbocycles. The van der Waals surface area contributed by atoms with Crippen molar-refractivity contribution >= 4 is 41.7 Å². The number of hydrogen-bond donors (Lipinski definition) is 2. The SMILES string of the molecule is CCNC(=NCCCCSC)NCCc1ccco1.I. The molecule has 0 amide bonds. The van der Waals surface area contributed by atoms with Crippen LogP contribution >= 0.6 is 35.7 Å². The second-order valence-corrected chi connectivity index (χ2v) is 5.20. The van der Waals surface area contributed by atoms with Gasteiger partial charge in [0.15, 0.2) is 5.96 Å². The molecule has 6 heteroatoms. The van der Waals surface area contributed by atoms with Gasteiger partial charge in [-0.2, -0.15) is 11.8 Å². The number of nitrogens with zero attached hydrogens (tertiary/aromatic N) is 1. The third-order valence-corrected chi connectivity index (χ3v) is 3.31. The van der Waals surface area contributed by atoms with Crippen molar-refractivity contribution in [2.45, 2.75) is 26.2 Å². The minimum absolute atomic E-state index is 0. The van der Waals surface area contributed by atoms with E-state index in [0.717, 1.165) is 44.2 Å².